The lowest BCUT2D eigenvalue weighted by atomic mass is 10.2. The van der Waals surface area contributed by atoms with E-state index < -0.39 is 17.6 Å². The molecule has 0 radical (unpaired) electrons. The lowest BCUT2D eigenvalue weighted by Gasteiger charge is -2.11. The van der Waals surface area contributed by atoms with Crippen LogP contribution >= 0.6 is 11.6 Å². The molecule has 0 atom stereocenters. The Hall–Kier alpha value is -2.55. The number of oxime groups is 1. The summed E-state index contributed by atoms with van der Waals surface area (Å²) in [6, 6.07) is 3.72. The van der Waals surface area contributed by atoms with Crippen molar-refractivity contribution < 1.29 is 22.8 Å². The van der Waals surface area contributed by atoms with Crippen molar-refractivity contribution in [2.24, 2.45) is 5.16 Å². The van der Waals surface area contributed by atoms with Crippen LogP contribution < -0.4 is 5.32 Å². The monoisotopic (exact) mass is 346 g/mol. The first kappa shape index (κ1) is 16.8. The van der Waals surface area contributed by atoms with Gasteiger partial charge in [0.15, 0.2) is 5.82 Å². The first-order valence-electron chi connectivity index (χ1n) is 6.11. The van der Waals surface area contributed by atoms with E-state index in [0.29, 0.717) is 6.20 Å². The second-order valence-electron chi connectivity index (χ2n) is 4.18. The molecule has 122 valence electrons. The summed E-state index contributed by atoms with van der Waals surface area (Å²) in [5, 5.41) is 5.43. The molecule has 1 amide bonds. The smallest absolute Gasteiger partial charge is 0.398 e. The van der Waals surface area contributed by atoms with Gasteiger partial charge < -0.3 is 10.2 Å². The minimum absolute atomic E-state index is 0.00139. The molecule has 0 saturated heterocycles. The largest absolute Gasteiger partial charge is 0.417 e. The van der Waals surface area contributed by atoms with E-state index in [9.17, 15) is 18.0 Å². The van der Waals surface area contributed by atoms with E-state index in [-0.39, 0.29) is 16.5 Å². The predicted octanol–water partition coefficient (Wildman–Crippen LogP) is 2.86. The van der Waals surface area contributed by atoms with Crippen molar-refractivity contribution in [3.8, 4) is 5.82 Å². The summed E-state index contributed by atoms with van der Waals surface area (Å²) in [7, 11) is 1.30. The first-order chi connectivity index (χ1) is 10.8. The van der Waals surface area contributed by atoms with Gasteiger partial charge in [0, 0.05) is 12.4 Å². The Morgan fingerprint density at radius 3 is 2.87 bits per heavy atom. The Morgan fingerprint density at radius 2 is 2.26 bits per heavy atom. The SMILES string of the molecule is CO/N=C/NC(=O)c1cccn1-c1ncc(C(F)(F)F)cc1Cl. The second-order valence-corrected chi connectivity index (χ2v) is 4.59. The fourth-order valence-electron chi connectivity index (χ4n) is 1.73. The summed E-state index contributed by atoms with van der Waals surface area (Å²) in [6.45, 7) is 0. The molecule has 10 heteroatoms. The van der Waals surface area contributed by atoms with Crippen LogP contribution in [0.2, 0.25) is 5.02 Å². The number of rotatable bonds is 4. The van der Waals surface area contributed by atoms with E-state index in [0.717, 1.165) is 12.4 Å². The number of halogens is 4. The number of hydrogen-bond donors (Lipinski definition) is 1. The summed E-state index contributed by atoms with van der Waals surface area (Å²) in [4.78, 5) is 20.1. The van der Waals surface area contributed by atoms with Crippen molar-refractivity contribution in [3.63, 3.8) is 0 Å². The Labute approximate surface area is 133 Å². The van der Waals surface area contributed by atoms with Gasteiger partial charge >= 0.3 is 6.18 Å². The van der Waals surface area contributed by atoms with Crippen molar-refractivity contribution >= 4 is 23.8 Å². The van der Waals surface area contributed by atoms with Gasteiger partial charge in [-0.3, -0.25) is 9.36 Å². The first-order valence-corrected chi connectivity index (χ1v) is 6.48. The third kappa shape index (κ3) is 3.81. The highest BCUT2D eigenvalue weighted by Crippen LogP contribution is 2.32. The molecule has 0 aliphatic rings. The van der Waals surface area contributed by atoms with Crippen LogP contribution in [-0.4, -0.2) is 28.9 Å². The average Bonchev–Trinajstić information content (AvgIpc) is 2.95. The number of aromatic nitrogens is 2. The third-order valence-electron chi connectivity index (χ3n) is 2.71. The van der Waals surface area contributed by atoms with E-state index in [1.54, 1.807) is 0 Å². The number of carbonyl (C=O) groups is 1. The van der Waals surface area contributed by atoms with Crippen LogP contribution in [0, 0.1) is 0 Å². The number of hydrogen-bond acceptors (Lipinski definition) is 4. The summed E-state index contributed by atoms with van der Waals surface area (Å²) in [5.41, 5.74) is -0.863. The highest BCUT2D eigenvalue weighted by molar-refractivity contribution is 6.32. The molecule has 2 heterocycles. The minimum Gasteiger partial charge on any atom is -0.398 e. The molecule has 2 rings (SSSR count). The van der Waals surface area contributed by atoms with Gasteiger partial charge in [-0.1, -0.05) is 16.8 Å². The molecule has 2 aromatic rings. The standard InChI is InChI=1S/C13H10ClF3N4O2/c1-23-20-7-19-12(22)10-3-2-4-21(10)11-9(14)5-8(6-18-11)13(15,16)17/h2-7H,1H3,(H,19,20,22). The Kier molecular flexibility index (Phi) is 4.89. The van der Waals surface area contributed by atoms with Crippen molar-refractivity contribution in [1.29, 1.82) is 0 Å². The number of carbonyl (C=O) groups excluding carboxylic acids is 1. The van der Waals surface area contributed by atoms with Crippen molar-refractivity contribution in [1.82, 2.24) is 14.9 Å². The zero-order chi connectivity index (χ0) is 17.0. The van der Waals surface area contributed by atoms with Gasteiger partial charge in [-0.25, -0.2) is 4.98 Å². The summed E-state index contributed by atoms with van der Waals surface area (Å²) in [6.07, 6.45) is -1.43. The van der Waals surface area contributed by atoms with E-state index in [4.69, 9.17) is 11.6 Å². The van der Waals surface area contributed by atoms with Gasteiger partial charge in [-0.05, 0) is 18.2 Å². The van der Waals surface area contributed by atoms with Crippen molar-refractivity contribution in [3.05, 3.63) is 46.9 Å². The highest BCUT2D eigenvalue weighted by Gasteiger charge is 2.31. The lowest BCUT2D eigenvalue weighted by molar-refractivity contribution is -0.137. The van der Waals surface area contributed by atoms with Gasteiger partial charge in [0.05, 0.1) is 10.6 Å². The van der Waals surface area contributed by atoms with Crippen LogP contribution in [0.5, 0.6) is 0 Å². The molecule has 0 aliphatic carbocycles. The molecule has 0 saturated carbocycles. The van der Waals surface area contributed by atoms with Gasteiger partial charge in [0.25, 0.3) is 5.91 Å². The molecule has 2 aromatic heterocycles. The van der Waals surface area contributed by atoms with Crippen LogP contribution in [0.1, 0.15) is 16.1 Å². The molecule has 0 bridgehead atoms. The number of nitrogens with zero attached hydrogens (tertiary/aromatic N) is 3. The summed E-state index contributed by atoms with van der Waals surface area (Å²) < 4.78 is 39.1. The summed E-state index contributed by atoms with van der Waals surface area (Å²) in [5.74, 6) is -0.563. The van der Waals surface area contributed by atoms with Crippen LogP contribution in [0.15, 0.2) is 35.7 Å². The third-order valence-corrected chi connectivity index (χ3v) is 2.99. The number of nitrogens with one attached hydrogen (secondary N) is 1. The van der Waals surface area contributed by atoms with E-state index in [1.165, 1.54) is 30.0 Å². The quantitative estimate of drug-likeness (QED) is 0.526. The van der Waals surface area contributed by atoms with Gasteiger partial charge in [0.2, 0.25) is 0 Å². The van der Waals surface area contributed by atoms with Crippen LogP contribution in [0.25, 0.3) is 5.82 Å². The average molecular weight is 347 g/mol. The number of amides is 1. The topological polar surface area (TPSA) is 68.5 Å². The highest BCUT2D eigenvalue weighted by atomic mass is 35.5. The summed E-state index contributed by atoms with van der Waals surface area (Å²) >= 11 is 5.87. The maximum atomic E-state index is 12.6. The zero-order valence-corrected chi connectivity index (χ0v) is 12.4. The van der Waals surface area contributed by atoms with E-state index in [1.807, 2.05) is 0 Å². The van der Waals surface area contributed by atoms with Crippen molar-refractivity contribution in [2.45, 2.75) is 6.18 Å². The van der Waals surface area contributed by atoms with Gasteiger partial charge in [-0.15, -0.1) is 0 Å². The molecular formula is C13H10ClF3N4O2. The number of pyridine rings is 1. The molecule has 23 heavy (non-hydrogen) atoms. The lowest BCUT2D eigenvalue weighted by Crippen LogP contribution is -2.24. The Morgan fingerprint density at radius 1 is 1.52 bits per heavy atom. The van der Waals surface area contributed by atoms with Crippen LogP contribution in [0.3, 0.4) is 0 Å². The maximum absolute atomic E-state index is 12.6. The molecule has 0 fully saturated rings. The molecular weight excluding hydrogens is 337 g/mol. The van der Waals surface area contributed by atoms with Crippen LogP contribution in [0.4, 0.5) is 13.2 Å². The molecule has 0 unspecified atom stereocenters. The maximum Gasteiger partial charge on any atom is 0.417 e. The zero-order valence-electron chi connectivity index (χ0n) is 11.6. The fraction of sp³-hybridized carbons (Fsp3) is 0.154. The molecule has 0 spiro atoms. The van der Waals surface area contributed by atoms with Crippen molar-refractivity contribution in [2.75, 3.05) is 7.11 Å². The predicted molar refractivity (Wildman–Crippen MR) is 76.5 cm³/mol. The van der Waals surface area contributed by atoms with E-state index >= 15 is 0 Å². The molecule has 1 N–H and O–H groups in total. The van der Waals surface area contributed by atoms with Gasteiger partial charge in [-0.2, -0.15) is 13.2 Å². The van der Waals surface area contributed by atoms with Gasteiger partial charge in [0.1, 0.15) is 19.1 Å². The molecule has 6 nitrogen and oxygen atoms in total. The van der Waals surface area contributed by atoms with Crippen LogP contribution in [-0.2, 0) is 11.0 Å². The van der Waals surface area contributed by atoms with E-state index in [2.05, 4.69) is 20.3 Å². The number of alkyl halides is 3. The molecule has 0 aromatic carbocycles. The fourth-order valence-corrected chi connectivity index (χ4v) is 1.98. The Balaban J connectivity index is 2.35. The Bertz CT molecular complexity index is 743. The normalized spacial score (nSPS) is 11.7. The molecule has 0 aliphatic heterocycles. The second kappa shape index (κ2) is 6.69. The minimum atomic E-state index is -4.55.